The molecule has 5 heteroatoms. The molecule has 0 aliphatic rings. The zero-order valence-electron chi connectivity index (χ0n) is 14.2. The summed E-state index contributed by atoms with van der Waals surface area (Å²) in [6.45, 7) is 10.0. The van der Waals surface area contributed by atoms with Gasteiger partial charge >= 0.3 is 5.97 Å². The lowest BCUT2D eigenvalue weighted by atomic mass is 10.1. The van der Waals surface area contributed by atoms with Gasteiger partial charge in [-0.2, -0.15) is 0 Å². The molecular formula is C18H23BrN2O2. The molecule has 0 saturated heterocycles. The van der Waals surface area contributed by atoms with Crippen LogP contribution in [-0.2, 0) is 11.3 Å². The Labute approximate surface area is 145 Å². The van der Waals surface area contributed by atoms with Crippen LogP contribution >= 0.6 is 15.9 Å². The van der Waals surface area contributed by atoms with Gasteiger partial charge in [0.2, 0.25) is 0 Å². The van der Waals surface area contributed by atoms with Crippen LogP contribution in [0.1, 0.15) is 48.0 Å². The number of nitrogens with zero attached hydrogens (tertiary/aromatic N) is 1. The third-order valence-corrected chi connectivity index (χ3v) is 4.53. The smallest absolute Gasteiger partial charge is 0.342 e. The van der Waals surface area contributed by atoms with Gasteiger partial charge in [0, 0.05) is 10.2 Å². The summed E-state index contributed by atoms with van der Waals surface area (Å²) in [6, 6.07) is 7.98. The van der Waals surface area contributed by atoms with Crippen molar-refractivity contribution in [2.75, 3.05) is 5.73 Å². The Morgan fingerprint density at radius 3 is 2.43 bits per heavy atom. The van der Waals surface area contributed by atoms with Gasteiger partial charge < -0.3 is 15.0 Å². The number of anilines is 1. The Hall–Kier alpha value is -1.75. The molecule has 0 atom stereocenters. The predicted octanol–water partition coefficient (Wildman–Crippen LogP) is 4.45. The van der Waals surface area contributed by atoms with E-state index in [2.05, 4.69) is 15.9 Å². The van der Waals surface area contributed by atoms with E-state index in [0.29, 0.717) is 17.9 Å². The Kier molecular flexibility index (Phi) is 4.90. The van der Waals surface area contributed by atoms with Crippen LogP contribution in [0.4, 0.5) is 5.82 Å². The number of esters is 1. The van der Waals surface area contributed by atoms with Gasteiger partial charge in [0.15, 0.2) is 0 Å². The molecule has 0 spiro atoms. The minimum Gasteiger partial charge on any atom is -0.456 e. The van der Waals surface area contributed by atoms with Crippen LogP contribution in [0, 0.1) is 13.8 Å². The van der Waals surface area contributed by atoms with E-state index >= 15 is 0 Å². The van der Waals surface area contributed by atoms with E-state index < -0.39 is 5.60 Å². The molecule has 1 aromatic heterocycles. The minimum atomic E-state index is -0.547. The quantitative estimate of drug-likeness (QED) is 0.802. The van der Waals surface area contributed by atoms with Gasteiger partial charge in [-0.1, -0.05) is 34.1 Å². The van der Waals surface area contributed by atoms with Gasteiger partial charge in [0.25, 0.3) is 0 Å². The van der Waals surface area contributed by atoms with E-state index in [-0.39, 0.29) is 5.97 Å². The van der Waals surface area contributed by atoms with Crippen LogP contribution in [0.2, 0.25) is 0 Å². The fourth-order valence-electron chi connectivity index (χ4n) is 2.48. The second-order valence-corrected chi connectivity index (χ2v) is 7.50. The molecular weight excluding hydrogens is 356 g/mol. The molecule has 0 aliphatic heterocycles. The summed E-state index contributed by atoms with van der Waals surface area (Å²) >= 11 is 3.55. The summed E-state index contributed by atoms with van der Waals surface area (Å²) in [5, 5.41) is 0. The molecule has 0 bridgehead atoms. The molecule has 1 heterocycles. The van der Waals surface area contributed by atoms with Crippen LogP contribution in [-0.4, -0.2) is 16.1 Å². The maximum Gasteiger partial charge on any atom is 0.342 e. The topological polar surface area (TPSA) is 57.2 Å². The van der Waals surface area contributed by atoms with Gasteiger partial charge in [0.1, 0.15) is 17.0 Å². The number of carbonyl (C=O) groups is 1. The van der Waals surface area contributed by atoms with Crippen molar-refractivity contribution in [3.05, 3.63) is 51.1 Å². The molecule has 2 aromatic rings. The van der Waals surface area contributed by atoms with Crippen molar-refractivity contribution in [3.8, 4) is 0 Å². The molecule has 4 nitrogen and oxygen atoms in total. The number of benzene rings is 1. The molecule has 2 rings (SSSR count). The maximum absolute atomic E-state index is 12.5. The number of nitrogens with two attached hydrogens (primary N) is 1. The van der Waals surface area contributed by atoms with Gasteiger partial charge in [0.05, 0.1) is 6.54 Å². The molecule has 23 heavy (non-hydrogen) atoms. The normalized spacial score (nSPS) is 11.6. The van der Waals surface area contributed by atoms with Crippen molar-refractivity contribution in [2.45, 2.75) is 46.8 Å². The summed E-state index contributed by atoms with van der Waals surface area (Å²) < 4.78 is 8.46. The Morgan fingerprint density at radius 2 is 1.87 bits per heavy atom. The van der Waals surface area contributed by atoms with Crippen LogP contribution in [0.5, 0.6) is 0 Å². The lowest BCUT2D eigenvalue weighted by Gasteiger charge is -2.19. The summed E-state index contributed by atoms with van der Waals surface area (Å²) in [4.78, 5) is 12.5. The average molecular weight is 379 g/mol. The molecule has 0 saturated carbocycles. The number of halogens is 1. The van der Waals surface area contributed by atoms with Crippen molar-refractivity contribution in [1.82, 2.24) is 4.57 Å². The van der Waals surface area contributed by atoms with E-state index in [1.165, 1.54) is 0 Å². The first kappa shape index (κ1) is 17.6. The van der Waals surface area contributed by atoms with E-state index in [9.17, 15) is 4.79 Å². The Bertz CT molecular complexity index is 742. The van der Waals surface area contributed by atoms with Gasteiger partial charge in [-0.05, 0) is 51.8 Å². The highest BCUT2D eigenvalue weighted by atomic mass is 79.9. The summed E-state index contributed by atoms with van der Waals surface area (Å²) in [5.74, 6) is 0.0754. The first-order valence-electron chi connectivity index (χ1n) is 7.53. The second-order valence-electron chi connectivity index (χ2n) is 6.65. The molecule has 0 radical (unpaired) electrons. The number of rotatable bonds is 3. The fourth-order valence-corrected chi connectivity index (χ4v) is 2.89. The third kappa shape index (κ3) is 3.78. The first-order valence-corrected chi connectivity index (χ1v) is 8.33. The SMILES string of the molecule is Cc1c(C(=O)OC(C)(C)C)c(N)n(Cc2ccccc2Br)c1C. The Morgan fingerprint density at radius 1 is 1.26 bits per heavy atom. The zero-order chi connectivity index (χ0) is 17.4. The number of aromatic nitrogens is 1. The summed E-state index contributed by atoms with van der Waals surface area (Å²) in [6.07, 6.45) is 0. The van der Waals surface area contributed by atoms with Crippen molar-refractivity contribution in [2.24, 2.45) is 0 Å². The largest absolute Gasteiger partial charge is 0.456 e. The van der Waals surface area contributed by atoms with Crippen molar-refractivity contribution in [3.63, 3.8) is 0 Å². The van der Waals surface area contributed by atoms with E-state index in [1.54, 1.807) is 0 Å². The van der Waals surface area contributed by atoms with Crippen LogP contribution in [0.25, 0.3) is 0 Å². The monoisotopic (exact) mass is 378 g/mol. The van der Waals surface area contributed by atoms with Crippen molar-refractivity contribution < 1.29 is 9.53 Å². The summed E-state index contributed by atoms with van der Waals surface area (Å²) in [7, 11) is 0. The van der Waals surface area contributed by atoms with Gasteiger partial charge in [-0.15, -0.1) is 0 Å². The number of ether oxygens (including phenoxy) is 1. The average Bonchev–Trinajstić information content (AvgIpc) is 2.63. The van der Waals surface area contributed by atoms with Crippen LogP contribution in [0.3, 0.4) is 0 Å². The van der Waals surface area contributed by atoms with E-state index in [4.69, 9.17) is 10.5 Å². The maximum atomic E-state index is 12.5. The predicted molar refractivity (Wildman–Crippen MR) is 96.7 cm³/mol. The van der Waals surface area contributed by atoms with Crippen LogP contribution < -0.4 is 5.73 Å². The highest BCUT2D eigenvalue weighted by molar-refractivity contribution is 9.10. The van der Waals surface area contributed by atoms with E-state index in [0.717, 1.165) is 21.3 Å². The molecule has 0 aliphatic carbocycles. The van der Waals surface area contributed by atoms with Crippen molar-refractivity contribution in [1.29, 1.82) is 0 Å². The lowest BCUT2D eigenvalue weighted by Crippen LogP contribution is -2.24. The summed E-state index contributed by atoms with van der Waals surface area (Å²) in [5.41, 5.74) is 9.13. The molecule has 124 valence electrons. The molecule has 0 amide bonds. The number of hydrogen-bond acceptors (Lipinski definition) is 3. The van der Waals surface area contributed by atoms with Crippen LogP contribution in [0.15, 0.2) is 28.7 Å². The molecule has 0 fully saturated rings. The van der Waals surface area contributed by atoms with Gasteiger partial charge in [-0.25, -0.2) is 4.79 Å². The zero-order valence-corrected chi connectivity index (χ0v) is 15.8. The standard InChI is InChI=1S/C18H23BrN2O2/c1-11-12(2)21(10-13-8-6-7-9-14(13)19)16(20)15(11)17(22)23-18(3,4)5/h6-9H,10,20H2,1-5H3. The van der Waals surface area contributed by atoms with Crippen molar-refractivity contribution >= 4 is 27.7 Å². The second kappa shape index (κ2) is 6.40. The molecule has 2 N–H and O–H groups in total. The molecule has 0 unspecified atom stereocenters. The van der Waals surface area contributed by atoms with E-state index in [1.807, 2.05) is 63.5 Å². The fraction of sp³-hybridized carbons (Fsp3) is 0.389. The first-order chi connectivity index (χ1) is 10.6. The minimum absolute atomic E-state index is 0.374. The number of hydrogen-bond donors (Lipinski definition) is 1. The van der Waals surface area contributed by atoms with Gasteiger partial charge in [-0.3, -0.25) is 0 Å². The highest BCUT2D eigenvalue weighted by Gasteiger charge is 2.26. The molecule has 1 aromatic carbocycles. The number of carbonyl (C=O) groups excluding carboxylic acids is 1. The Balaban J connectivity index is 2.42. The number of nitrogen functional groups attached to an aromatic ring is 1. The highest BCUT2D eigenvalue weighted by Crippen LogP contribution is 2.28. The lowest BCUT2D eigenvalue weighted by molar-refractivity contribution is 0.00701. The third-order valence-electron chi connectivity index (χ3n) is 3.76.